The number of nitrogens with one attached hydrogen (secondary N) is 1. The van der Waals surface area contributed by atoms with Gasteiger partial charge in [-0.2, -0.15) is 0 Å². The Morgan fingerprint density at radius 2 is 1.88 bits per heavy atom. The minimum absolute atomic E-state index is 0.247. The van der Waals surface area contributed by atoms with Crippen LogP contribution in [0.4, 0.5) is 14.9 Å². The van der Waals surface area contributed by atoms with Crippen LogP contribution in [0.25, 0.3) is 10.9 Å². The highest BCUT2D eigenvalue weighted by atomic mass is 19.1. The van der Waals surface area contributed by atoms with Crippen molar-refractivity contribution in [1.82, 2.24) is 4.98 Å². The van der Waals surface area contributed by atoms with Crippen molar-refractivity contribution >= 4 is 28.5 Å². The molecule has 5 nitrogen and oxygen atoms in total. The molecule has 1 N–H and O–H groups in total. The molecule has 1 aromatic heterocycles. The van der Waals surface area contributed by atoms with Gasteiger partial charge in [-0.3, -0.25) is 15.1 Å². The molecule has 1 heterocycles. The van der Waals surface area contributed by atoms with E-state index in [4.69, 9.17) is 4.74 Å². The van der Waals surface area contributed by atoms with Crippen LogP contribution < -0.4 is 5.32 Å². The molecule has 0 unspecified atom stereocenters. The van der Waals surface area contributed by atoms with Crippen LogP contribution in [0.15, 0.2) is 54.7 Å². The lowest BCUT2D eigenvalue weighted by Gasteiger charge is -2.09. The van der Waals surface area contributed by atoms with E-state index in [1.54, 1.807) is 30.5 Å². The number of anilines is 1. The van der Waals surface area contributed by atoms with Crippen LogP contribution in [0, 0.1) is 5.82 Å². The van der Waals surface area contributed by atoms with E-state index in [1.807, 2.05) is 6.92 Å². The molecule has 0 saturated heterocycles. The average molecular weight is 352 g/mol. The van der Waals surface area contributed by atoms with Crippen LogP contribution in [0.1, 0.15) is 29.3 Å². The summed E-state index contributed by atoms with van der Waals surface area (Å²) in [5, 5.41) is 3.23. The monoisotopic (exact) mass is 352 g/mol. The smallest absolute Gasteiger partial charge is 0.411 e. The zero-order valence-corrected chi connectivity index (χ0v) is 14.2. The predicted octanol–water partition coefficient (Wildman–Crippen LogP) is 4.56. The van der Waals surface area contributed by atoms with Crippen molar-refractivity contribution in [3.8, 4) is 0 Å². The second-order valence-corrected chi connectivity index (χ2v) is 5.69. The molecule has 0 aliphatic carbocycles. The average Bonchev–Trinajstić information content (AvgIpc) is 2.66. The number of aromatic nitrogens is 1. The van der Waals surface area contributed by atoms with Gasteiger partial charge in [0.2, 0.25) is 0 Å². The van der Waals surface area contributed by atoms with Gasteiger partial charge in [-0.05, 0) is 55.0 Å². The number of hydrogen-bond donors (Lipinski definition) is 1. The molecule has 0 aliphatic rings. The maximum atomic E-state index is 13.1. The third-order valence-electron chi connectivity index (χ3n) is 3.78. The number of fused-ring (bicyclic) bond motifs is 1. The maximum Gasteiger partial charge on any atom is 0.411 e. The summed E-state index contributed by atoms with van der Waals surface area (Å²) in [4.78, 5) is 28.8. The van der Waals surface area contributed by atoms with Crippen LogP contribution in [0.5, 0.6) is 0 Å². The van der Waals surface area contributed by atoms with E-state index in [-0.39, 0.29) is 5.78 Å². The fourth-order valence-corrected chi connectivity index (χ4v) is 2.53. The lowest BCUT2D eigenvalue weighted by molar-refractivity contribution is 0.104. The number of benzene rings is 2. The summed E-state index contributed by atoms with van der Waals surface area (Å²) in [7, 11) is 0. The molecule has 0 aliphatic heterocycles. The van der Waals surface area contributed by atoms with Crippen molar-refractivity contribution in [1.29, 1.82) is 0 Å². The first-order valence-corrected chi connectivity index (χ1v) is 8.21. The lowest BCUT2D eigenvalue weighted by Crippen LogP contribution is -2.14. The molecule has 0 saturated carbocycles. The van der Waals surface area contributed by atoms with Crippen LogP contribution >= 0.6 is 0 Å². The quantitative estimate of drug-likeness (QED) is 0.683. The Balaban J connectivity index is 1.95. The van der Waals surface area contributed by atoms with Gasteiger partial charge in [0.1, 0.15) is 5.82 Å². The summed E-state index contributed by atoms with van der Waals surface area (Å²) < 4.78 is 18.1. The molecule has 2 aromatic carbocycles. The molecule has 1 amide bonds. The highest BCUT2D eigenvalue weighted by Crippen LogP contribution is 2.23. The molecule has 0 radical (unpaired) electrons. The zero-order chi connectivity index (χ0) is 18.5. The van der Waals surface area contributed by atoms with Gasteiger partial charge in [-0.15, -0.1) is 0 Å². The second kappa shape index (κ2) is 7.74. The maximum absolute atomic E-state index is 13.1. The fourth-order valence-electron chi connectivity index (χ4n) is 2.53. The molecular formula is C20H17FN2O3. The normalized spacial score (nSPS) is 10.5. The fraction of sp³-hybridized carbons (Fsp3) is 0.150. The molecule has 0 atom stereocenters. The Labute approximate surface area is 149 Å². The third kappa shape index (κ3) is 3.85. The molecule has 0 spiro atoms. The van der Waals surface area contributed by atoms with Crippen LogP contribution in [0.3, 0.4) is 0 Å². The van der Waals surface area contributed by atoms with E-state index in [2.05, 4.69) is 10.3 Å². The number of carbonyl (C=O) groups excluding carboxylic acids is 2. The van der Waals surface area contributed by atoms with Crippen molar-refractivity contribution < 1.29 is 18.7 Å². The summed E-state index contributed by atoms with van der Waals surface area (Å²) in [5.41, 5.74) is 1.91. The molecule has 132 valence electrons. The summed E-state index contributed by atoms with van der Waals surface area (Å²) in [6.45, 7) is 2.23. The number of ether oxygens (including phenoxy) is 1. The Morgan fingerprint density at radius 3 is 2.62 bits per heavy atom. The topological polar surface area (TPSA) is 68.3 Å². The van der Waals surface area contributed by atoms with Gasteiger partial charge in [-0.25, -0.2) is 9.18 Å². The zero-order valence-electron chi connectivity index (χ0n) is 14.2. The summed E-state index contributed by atoms with van der Waals surface area (Å²) in [6, 6.07) is 12.0. The molecule has 3 rings (SSSR count). The van der Waals surface area contributed by atoms with Crippen molar-refractivity contribution in [3.63, 3.8) is 0 Å². The molecule has 0 bridgehead atoms. The Kier molecular flexibility index (Phi) is 5.22. The van der Waals surface area contributed by atoms with Crippen molar-refractivity contribution in [2.45, 2.75) is 13.3 Å². The first kappa shape index (κ1) is 17.5. The second-order valence-electron chi connectivity index (χ2n) is 5.69. The summed E-state index contributed by atoms with van der Waals surface area (Å²) in [5.74, 6) is -0.652. The Morgan fingerprint density at radius 1 is 1.12 bits per heavy atom. The number of amides is 1. The van der Waals surface area contributed by atoms with E-state index in [9.17, 15) is 14.0 Å². The van der Waals surface area contributed by atoms with E-state index in [0.717, 1.165) is 6.42 Å². The van der Waals surface area contributed by atoms with E-state index in [0.29, 0.717) is 34.3 Å². The molecule has 3 aromatic rings. The molecule has 0 fully saturated rings. The van der Waals surface area contributed by atoms with Gasteiger partial charge in [0, 0.05) is 28.4 Å². The lowest BCUT2D eigenvalue weighted by atomic mass is 9.99. The van der Waals surface area contributed by atoms with Crippen molar-refractivity contribution in [2.24, 2.45) is 0 Å². The number of ketones is 1. The van der Waals surface area contributed by atoms with Gasteiger partial charge >= 0.3 is 6.09 Å². The number of rotatable bonds is 5. The van der Waals surface area contributed by atoms with Crippen molar-refractivity contribution in [2.75, 3.05) is 11.9 Å². The highest BCUT2D eigenvalue weighted by molar-refractivity contribution is 6.16. The molecule has 6 heteroatoms. The SMILES string of the molecule is CCCOC(=O)Nc1ccc2nccc(C(=O)c3ccc(F)cc3)c2c1. The highest BCUT2D eigenvalue weighted by Gasteiger charge is 2.14. The number of carbonyl (C=O) groups is 2. The van der Waals surface area contributed by atoms with Gasteiger partial charge in [0.25, 0.3) is 0 Å². The Bertz CT molecular complexity index is 955. The van der Waals surface area contributed by atoms with Crippen LogP contribution in [0.2, 0.25) is 0 Å². The third-order valence-corrected chi connectivity index (χ3v) is 3.78. The van der Waals surface area contributed by atoms with E-state index >= 15 is 0 Å². The number of halogens is 1. The largest absolute Gasteiger partial charge is 0.449 e. The molecule has 26 heavy (non-hydrogen) atoms. The Hall–Kier alpha value is -3.28. The van der Waals surface area contributed by atoms with Gasteiger partial charge in [-0.1, -0.05) is 6.92 Å². The van der Waals surface area contributed by atoms with Crippen LogP contribution in [-0.2, 0) is 4.74 Å². The van der Waals surface area contributed by atoms with E-state index < -0.39 is 11.9 Å². The summed E-state index contributed by atoms with van der Waals surface area (Å²) >= 11 is 0. The van der Waals surface area contributed by atoms with E-state index in [1.165, 1.54) is 24.3 Å². The van der Waals surface area contributed by atoms with Gasteiger partial charge in [0.05, 0.1) is 12.1 Å². The number of nitrogens with zero attached hydrogens (tertiary/aromatic N) is 1. The van der Waals surface area contributed by atoms with Crippen molar-refractivity contribution in [3.05, 3.63) is 71.7 Å². The predicted molar refractivity (Wildman–Crippen MR) is 96.8 cm³/mol. The minimum atomic E-state index is -0.554. The summed E-state index contributed by atoms with van der Waals surface area (Å²) in [6.07, 6.45) is 1.72. The first-order valence-electron chi connectivity index (χ1n) is 8.21. The standard InChI is InChI=1S/C20H17FN2O3/c1-2-11-26-20(25)23-15-7-8-18-17(12-15)16(9-10-22-18)19(24)13-3-5-14(21)6-4-13/h3-10,12H,2,11H2,1H3,(H,23,25). The molecular weight excluding hydrogens is 335 g/mol. The van der Waals surface area contributed by atoms with Gasteiger partial charge < -0.3 is 4.74 Å². The number of pyridine rings is 1. The van der Waals surface area contributed by atoms with Crippen LogP contribution in [-0.4, -0.2) is 23.5 Å². The van der Waals surface area contributed by atoms with Gasteiger partial charge in [0.15, 0.2) is 5.78 Å². The minimum Gasteiger partial charge on any atom is -0.449 e. The first-order chi connectivity index (χ1) is 12.6. The number of hydrogen-bond acceptors (Lipinski definition) is 4.